The second kappa shape index (κ2) is 7.09. The van der Waals surface area contributed by atoms with Crippen molar-refractivity contribution in [2.24, 2.45) is 34.5 Å². The summed E-state index contributed by atoms with van der Waals surface area (Å²) in [5.74, 6) is -15.5. The van der Waals surface area contributed by atoms with E-state index in [1.807, 2.05) is 0 Å². The van der Waals surface area contributed by atoms with Crippen molar-refractivity contribution in [3.8, 4) is 0 Å². The van der Waals surface area contributed by atoms with Gasteiger partial charge in [-0.05, 0) is 61.7 Å². The summed E-state index contributed by atoms with van der Waals surface area (Å²) < 4.78 is 102. The predicted molar refractivity (Wildman–Crippen MR) is 102 cm³/mol. The fraction of sp³-hybridized carbons (Fsp3) is 0.913. The van der Waals surface area contributed by atoms with Crippen molar-refractivity contribution in [3.63, 3.8) is 0 Å². The van der Waals surface area contributed by atoms with Gasteiger partial charge in [-0.25, -0.2) is 4.79 Å². The summed E-state index contributed by atoms with van der Waals surface area (Å²) in [6.07, 6.45) is -4.16. The van der Waals surface area contributed by atoms with Gasteiger partial charge in [0.1, 0.15) is 11.9 Å². The van der Waals surface area contributed by atoms with Crippen LogP contribution in [0.3, 0.4) is 0 Å². The van der Waals surface area contributed by atoms with Crippen LogP contribution in [0.1, 0.15) is 58.8 Å². The molecular formula is C23H27F7O4. The molecule has 4 nitrogen and oxygen atoms in total. The van der Waals surface area contributed by atoms with E-state index < -0.39 is 35.5 Å². The molecule has 1 aliphatic heterocycles. The minimum absolute atomic E-state index is 0.0753. The molecule has 34 heavy (non-hydrogen) atoms. The lowest BCUT2D eigenvalue weighted by Gasteiger charge is -2.58. The van der Waals surface area contributed by atoms with Crippen LogP contribution in [-0.2, 0) is 19.1 Å². The lowest BCUT2D eigenvalue weighted by molar-refractivity contribution is -0.349. The molecule has 1 saturated heterocycles. The van der Waals surface area contributed by atoms with Crippen LogP contribution < -0.4 is 0 Å². The Bertz CT molecular complexity index is 904. The van der Waals surface area contributed by atoms with E-state index in [4.69, 9.17) is 9.47 Å². The summed E-state index contributed by atoms with van der Waals surface area (Å²) >= 11 is 0. The zero-order valence-corrected chi connectivity index (χ0v) is 18.8. The van der Waals surface area contributed by atoms with Gasteiger partial charge in [-0.15, -0.1) is 0 Å². The standard InChI is InChI=1S/C23H27F7O4/c1-19-6-5-12-10(7-14(31)13-8-15-16(33-15)9-20(12,13)2)11(19)3-4-17(19)34-18(32)21(24,25)22(26,27)23(28,29)30/h10-13,15-17H,3-9H2,1-2H3/t10-,11-,12-,13+,15-,16+,17-,19-,20+/m0/s1. The number of carbonyl (C=O) groups excluding carboxylic acids is 2. The summed E-state index contributed by atoms with van der Waals surface area (Å²) in [5, 5.41) is 0. The SMILES string of the molecule is C[C@]12C[C@H]3O[C@H]3C[C@@H]1C(=O)C[C@@H]1[C@@H]2CC[C@]2(C)[C@@H](OC(=O)C(F)(F)C(F)(F)C(F)(F)F)CC[C@@H]12. The number of hydrogen-bond donors (Lipinski definition) is 0. The van der Waals surface area contributed by atoms with Crippen molar-refractivity contribution in [2.45, 2.75) is 95.1 Å². The zero-order chi connectivity index (χ0) is 25.1. The number of epoxide rings is 1. The van der Waals surface area contributed by atoms with Crippen molar-refractivity contribution in [3.05, 3.63) is 0 Å². The fourth-order valence-electron chi connectivity index (χ4n) is 7.97. The number of fused-ring (bicyclic) bond motifs is 6. The molecule has 0 bridgehead atoms. The molecule has 5 rings (SSSR count). The average Bonchev–Trinajstić information content (AvgIpc) is 3.38. The highest BCUT2D eigenvalue weighted by molar-refractivity contribution is 5.83. The van der Waals surface area contributed by atoms with E-state index in [0.717, 1.165) is 6.42 Å². The highest BCUT2D eigenvalue weighted by Gasteiger charge is 2.78. The predicted octanol–water partition coefficient (Wildman–Crippen LogP) is 5.33. The van der Waals surface area contributed by atoms with E-state index >= 15 is 0 Å². The highest BCUT2D eigenvalue weighted by atomic mass is 19.4. The Morgan fingerprint density at radius 1 is 0.971 bits per heavy atom. The van der Waals surface area contributed by atoms with Gasteiger partial charge in [0.15, 0.2) is 0 Å². The first-order valence-electron chi connectivity index (χ1n) is 11.8. The molecule has 4 aliphatic carbocycles. The van der Waals surface area contributed by atoms with E-state index in [1.54, 1.807) is 6.92 Å². The third-order valence-corrected chi connectivity index (χ3v) is 9.87. The van der Waals surface area contributed by atoms with Crippen molar-refractivity contribution < 1.29 is 49.8 Å². The number of esters is 1. The maximum absolute atomic E-state index is 13.9. The third-order valence-electron chi connectivity index (χ3n) is 9.87. The van der Waals surface area contributed by atoms with Gasteiger partial charge in [-0.2, -0.15) is 30.7 Å². The van der Waals surface area contributed by atoms with Crippen LogP contribution in [0.2, 0.25) is 0 Å². The second-order valence-corrected chi connectivity index (χ2v) is 11.4. The molecule has 0 aromatic carbocycles. The third kappa shape index (κ3) is 3.13. The van der Waals surface area contributed by atoms with Gasteiger partial charge in [0.05, 0.1) is 12.2 Å². The van der Waals surface area contributed by atoms with Crippen LogP contribution in [0.15, 0.2) is 0 Å². The molecule has 0 aromatic rings. The van der Waals surface area contributed by atoms with E-state index in [2.05, 4.69) is 6.92 Å². The molecule has 1 heterocycles. The van der Waals surface area contributed by atoms with Crippen molar-refractivity contribution in [2.75, 3.05) is 0 Å². The van der Waals surface area contributed by atoms with Gasteiger partial charge in [0, 0.05) is 17.8 Å². The maximum atomic E-state index is 13.9. The van der Waals surface area contributed by atoms with E-state index in [1.165, 1.54) is 0 Å². The van der Waals surface area contributed by atoms with Crippen molar-refractivity contribution in [1.29, 1.82) is 0 Å². The number of ketones is 1. The Kier molecular flexibility index (Phi) is 5.07. The molecule has 0 amide bonds. The van der Waals surface area contributed by atoms with E-state index in [0.29, 0.717) is 32.1 Å². The van der Waals surface area contributed by atoms with Crippen LogP contribution in [0.5, 0.6) is 0 Å². The van der Waals surface area contributed by atoms with Crippen LogP contribution in [0.4, 0.5) is 30.7 Å². The highest BCUT2D eigenvalue weighted by Crippen LogP contribution is 2.67. The fourth-order valence-corrected chi connectivity index (χ4v) is 7.97. The van der Waals surface area contributed by atoms with Crippen LogP contribution in [0.25, 0.3) is 0 Å². The summed E-state index contributed by atoms with van der Waals surface area (Å²) in [4.78, 5) is 25.0. The first-order valence-corrected chi connectivity index (χ1v) is 11.8. The van der Waals surface area contributed by atoms with Gasteiger partial charge in [-0.1, -0.05) is 13.8 Å². The number of hydrogen-bond acceptors (Lipinski definition) is 4. The van der Waals surface area contributed by atoms with Gasteiger partial charge < -0.3 is 9.47 Å². The largest absolute Gasteiger partial charge is 0.460 e. The van der Waals surface area contributed by atoms with E-state index in [9.17, 15) is 40.3 Å². The molecule has 5 aliphatic rings. The molecule has 0 radical (unpaired) electrons. The summed E-state index contributed by atoms with van der Waals surface area (Å²) in [5.41, 5.74) is -1.13. The zero-order valence-electron chi connectivity index (χ0n) is 18.8. The Morgan fingerprint density at radius 3 is 2.26 bits per heavy atom. The number of Topliss-reactive ketones (excluding diaryl/α,β-unsaturated/α-hetero) is 1. The number of ether oxygens (including phenoxy) is 2. The van der Waals surface area contributed by atoms with Gasteiger partial charge in [0.2, 0.25) is 0 Å². The number of alkyl halides is 7. The Hall–Kier alpha value is -1.39. The lowest BCUT2D eigenvalue weighted by Crippen LogP contribution is -2.59. The summed E-state index contributed by atoms with van der Waals surface area (Å²) in [6, 6.07) is 0. The average molecular weight is 500 g/mol. The van der Waals surface area contributed by atoms with Crippen LogP contribution in [-0.4, -0.2) is 48.1 Å². The van der Waals surface area contributed by atoms with Crippen molar-refractivity contribution >= 4 is 11.8 Å². The smallest absolute Gasteiger partial charge is 0.457 e. The van der Waals surface area contributed by atoms with Crippen molar-refractivity contribution in [1.82, 2.24) is 0 Å². The number of carbonyl (C=O) groups is 2. The molecule has 9 atom stereocenters. The molecule has 0 aromatic heterocycles. The summed E-state index contributed by atoms with van der Waals surface area (Å²) in [6.45, 7) is 3.82. The Morgan fingerprint density at radius 2 is 1.62 bits per heavy atom. The first-order chi connectivity index (χ1) is 15.5. The van der Waals surface area contributed by atoms with Gasteiger partial charge in [-0.3, -0.25) is 4.79 Å². The minimum Gasteiger partial charge on any atom is -0.457 e. The number of rotatable bonds is 3. The normalized spacial score (nSPS) is 46.1. The summed E-state index contributed by atoms with van der Waals surface area (Å²) in [7, 11) is 0. The van der Waals surface area contributed by atoms with Crippen LogP contribution >= 0.6 is 0 Å². The molecule has 0 spiro atoms. The Labute approximate surface area is 191 Å². The Balaban J connectivity index is 1.36. The maximum Gasteiger partial charge on any atom is 0.460 e. The number of halogens is 7. The lowest BCUT2D eigenvalue weighted by atomic mass is 9.45. The first kappa shape index (κ1) is 24.3. The molecule has 4 saturated carbocycles. The molecule has 5 fully saturated rings. The van der Waals surface area contributed by atoms with E-state index in [-0.39, 0.29) is 53.5 Å². The topological polar surface area (TPSA) is 55.9 Å². The molecule has 0 N–H and O–H groups in total. The van der Waals surface area contributed by atoms with Gasteiger partial charge >= 0.3 is 24.0 Å². The molecular weight excluding hydrogens is 473 g/mol. The van der Waals surface area contributed by atoms with Gasteiger partial charge in [0.25, 0.3) is 0 Å². The quantitative estimate of drug-likeness (QED) is 0.299. The molecule has 0 unspecified atom stereocenters. The molecule has 11 heteroatoms. The second-order valence-electron chi connectivity index (χ2n) is 11.4. The molecule has 192 valence electrons. The van der Waals surface area contributed by atoms with Crippen LogP contribution in [0, 0.1) is 34.5 Å². The monoisotopic (exact) mass is 500 g/mol. The minimum atomic E-state index is -6.60.